The summed E-state index contributed by atoms with van der Waals surface area (Å²) in [6.07, 6.45) is 5.71. The van der Waals surface area contributed by atoms with E-state index in [9.17, 15) is 14.0 Å². The number of rotatable bonds is 4. The monoisotopic (exact) mass is 411 g/mol. The maximum Gasteiger partial charge on any atom is 0.254 e. The number of amides is 1. The lowest BCUT2D eigenvalue weighted by Crippen LogP contribution is -2.45. The second kappa shape index (κ2) is 7.22. The van der Waals surface area contributed by atoms with Crippen LogP contribution in [0.2, 0.25) is 0 Å². The van der Waals surface area contributed by atoms with Gasteiger partial charge in [0.25, 0.3) is 5.56 Å². The second-order valence-corrected chi connectivity index (χ2v) is 8.86. The summed E-state index contributed by atoms with van der Waals surface area (Å²) in [4.78, 5) is 35.1. The van der Waals surface area contributed by atoms with Gasteiger partial charge in [0.2, 0.25) is 5.91 Å². The van der Waals surface area contributed by atoms with Gasteiger partial charge in [0.05, 0.1) is 19.2 Å². The summed E-state index contributed by atoms with van der Waals surface area (Å²) in [5.74, 6) is 0.988. The van der Waals surface area contributed by atoms with Gasteiger partial charge in [-0.15, -0.1) is 0 Å². The third-order valence-corrected chi connectivity index (χ3v) is 7.00. The van der Waals surface area contributed by atoms with Crippen molar-refractivity contribution >= 4 is 5.91 Å². The van der Waals surface area contributed by atoms with Crippen molar-refractivity contribution in [2.75, 3.05) is 20.2 Å². The number of hydrogen-bond donors (Lipinski definition) is 1. The average Bonchev–Trinajstić information content (AvgIpc) is 3.53. The Morgan fingerprint density at radius 1 is 1.30 bits per heavy atom. The molecule has 6 nitrogen and oxygen atoms in total. The summed E-state index contributed by atoms with van der Waals surface area (Å²) < 4.78 is 18.9. The van der Waals surface area contributed by atoms with Crippen molar-refractivity contribution in [3.8, 4) is 5.75 Å². The number of benzene rings is 1. The van der Waals surface area contributed by atoms with Crippen LogP contribution >= 0.6 is 0 Å². The van der Waals surface area contributed by atoms with Crippen LogP contribution in [-0.4, -0.2) is 41.0 Å². The van der Waals surface area contributed by atoms with Crippen molar-refractivity contribution in [1.29, 1.82) is 0 Å². The number of fused-ring (bicyclic) bond motifs is 2. The predicted molar refractivity (Wildman–Crippen MR) is 109 cm³/mol. The highest BCUT2D eigenvalue weighted by Gasteiger charge is 2.45. The number of carbonyl (C=O) groups excluding carboxylic acids is 1. The summed E-state index contributed by atoms with van der Waals surface area (Å²) in [6.45, 7) is 1.29. The summed E-state index contributed by atoms with van der Waals surface area (Å²) in [5.41, 5.74) is 2.41. The van der Waals surface area contributed by atoms with E-state index in [1.165, 1.54) is 13.2 Å². The van der Waals surface area contributed by atoms with Crippen LogP contribution < -0.4 is 10.3 Å². The lowest BCUT2D eigenvalue weighted by molar-refractivity contribution is -0.132. The van der Waals surface area contributed by atoms with Crippen LogP contribution in [0, 0.1) is 5.82 Å². The normalized spacial score (nSPS) is 19.7. The number of methoxy groups -OCH3 is 1. The van der Waals surface area contributed by atoms with Crippen molar-refractivity contribution < 1.29 is 13.9 Å². The zero-order valence-electron chi connectivity index (χ0n) is 17.2. The Kier molecular flexibility index (Phi) is 4.64. The quantitative estimate of drug-likeness (QED) is 0.840. The molecule has 0 unspecified atom stereocenters. The van der Waals surface area contributed by atoms with Gasteiger partial charge < -0.3 is 14.6 Å². The molecular weight excluding hydrogens is 385 g/mol. The number of aromatic amines is 1. The van der Waals surface area contributed by atoms with E-state index in [0.29, 0.717) is 24.6 Å². The van der Waals surface area contributed by atoms with E-state index in [1.807, 2.05) is 4.90 Å². The predicted octanol–water partition coefficient (Wildman–Crippen LogP) is 2.84. The van der Waals surface area contributed by atoms with Crippen LogP contribution in [0.15, 0.2) is 23.0 Å². The van der Waals surface area contributed by atoms with Gasteiger partial charge in [-0.2, -0.15) is 0 Å². The second-order valence-electron chi connectivity index (χ2n) is 8.86. The molecule has 2 fully saturated rings. The number of nitrogens with zero attached hydrogens (tertiary/aromatic N) is 2. The number of piperidine rings is 1. The largest absolute Gasteiger partial charge is 0.494 e. The van der Waals surface area contributed by atoms with Gasteiger partial charge in [-0.3, -0.25) is 9.59 Å². The molecule has 0 atom stereocenters. The first kappa shape index (κ1) is 19.3. The maximum absolute atomic E-state index is 13.9. The molecule has 1 aliphatic heterocycles. The van der Waals surface area contributed by atoms with Crippen molar-refractivity contribution in [1.82, 2.24) is 14.9 Å². The van der Waals surface area contributed by atoms with Crippen LogP contribution in [-0.2, 0) is 23.1 Å². The molecule has 158 valence electrons. The van der Waals surface area contributed by atoms with E-state index >= 15 is 0 Å². The number of aromatic nitrogens is 2. The number of H-pyrrole nitrogens is 1. The molecule has 1 amide bonds. The number of ether oxygens (including phenoxy) is 1. The Morgan fingerprint density at radius 3 is 2.73 bits per heavy atom. The van der Waals surface area contributed by atoms with Crippen LogP contribution in [0.4, 0.5) is 4.39 Å². The van der Waals surface area contributed by atoms with Crippen LogP contribution in [0.1, 0.15) is 60.7 Å². The molecule has 5 rings (SSSR count). The SMILES string of the molecule is COc1ccc(CC(=O)N2CCC3(CCc4c3nc(C3CC3)[nH]c4=O)CC2)cc1F. The molecule has 3 aliphatic rings. The molecule has 2 aromatic rings. The fraction of sp³-hybridized carbons (Fsp3) is 0.522. The fourth-order valence-corrected chi connectivity index (χ4v) is 5.00. The Labute approximate surface area is 174 Å². The Bertz CT molecular complexity index is 1050. The minimum atomic E-state index is -0.453. The fourth-order valence-electron chi connectivity index (χ4n) is 5.00. The van der Waals surface area contributed by atoms with Crippen LogP contribution in [0.5, 0.6) is 5.75 Å². The van der Waals surface area contributed by atoms with Crippen molar-refractivity contribution in [3.63, 3.8) is 0 Å². The van der Waals surface area contributed by atoms with Crippen molar-refractivity contribution in [2.24, 2.45) is 0 Å². The highest BCUT2D eigenvalue weighted by atomic mass is 19.1. The Hall–Kier alpha value is -2.70. The highest BCUT2D eigenvalue weighted by Crippen LogP contribution is 2.46. The molecule has 0 bridgehead atoms. The van der Waals surface area contributed by atoms with E-state index in [4.69, 9.17) is 9.72 Å². The van der Waals surface area contributed by atoms with Gasteiger partial charge in [0.15, 0.2) is 11.6 Å². The summed E-state index contributed by atoms with van der Waals surface area (Å²) in [5, 5.41) is 0. The summed E-state index contributed by atoms with van der Waals surface area (Å²) in [7, 11) is 1.42. The molecule has 2 aliphatic carbocycles. The molecule has 1 aromatic heterocycles. The van der Waals surface area contributed by atoms with Crippen molar-refractivity contribution in [2.45, 2.75) is 56.3 Å². The topological polar surface area (TPSA) is 75.3 Å². The van der Waals surface area contributed by atoms with Gasteiger partial charge in [-0.1, -0.05) is 6.07 Å². The Balaban J connectivity index is 1.29. The summed E-state index contributed by atoms with van der Waals surface area (Å²) >= 11 is 0. The number of carbonyl (C=O) groups is 1. The summed E-state index contributed by atoms with van der Waals surface area (Å²) in [6, 6.07) is 4.65. The van der Waals surface area contributed by atoms with Gasteiger partial charge in [-0.25, -0.2) is 9.37 Å². The van der Waals surface area contributed by atoms with Crippen molar-refractivity contribution in [3.05, 3.63) is 57.0 Å². The van der Waals surface area contributed by atoms with E-state index in [-0.39, 0.29) is 29.1 Å². The first-order valence-corrected chi connectivity index (χ1v) is 10.7. The standard InChI is InChI=1S/C23H26FN3O3/c1-30-18-5-2-14(12-17(18)24)13-19(28)27-10-8-23(9-11-27)7-6-16-20(23)25-21(15-3-4-15)26-22(16)29/h2,5,12,15H,3-4,6-11,13H2,1H3,(H,25,26,29). The number of nitrogens with one attached hydrogen (secondary N) is 1. The lowest BCUT2D eigenvalue weighted by Gasteiger charge is -2.39. The first-order valence-electron chi connectivity index (χ1n) is 10.7. The minimum Gasteiger partial charge on any atom is -0.494 e. The van der Waals surface area contributed by atoms with E-state index in [2.05, 4.69) is 4.98 Å². The van der Waals surface area contributed by atoms with Crippen LogP contribution in [0.3, 0.4) is 0 Å². The molecule has 1 saturated carbocycles. The zero-order chi connectivity index (χ0) is 20.9. The van der Waals surface area contributed by atoms with Gasteiger partial charge in [-0.05, 0) is 56.2 Å². The molecule has 7 heteroatoms. The highest BCUT2D eigenvalue weighted by molar-refractivity contribution is 5.79. The van der Waals surface area contributed by atoms with Gasteiger partial charge >= 0.3 is 0 Å². The smallest absolute Gasteiger partial charge is 0.254 e. The number of hydrogen-bond acceptors (Lipinski definition) is 4. The number of likely N-dealkylation sites (tertiary alicyclic amines) is 1. The van der Waals surface area contributed by atoms with Gasteiger partial charge in [0.1, 0.15) is 5.82 Å². The molecule has 1 spiro atoms. The molecule has 1 saturated heterocycles. The van der Waals surface area contributed by atoms with E-state index < -0.39 is 5.82 Å². The molecule has 1 aromatic carbocycles. The zero-order valence-corrected chi connectivity index (χ0v) is 17.2. The lowest BCUT2D eigenvalue weighted by atomic mass is 9.76. The Morgan fingerprint density at radius 2 is 2.07 bits per heavy atom. The maximum atomic E-state index is 13.9. The molecule has 1 N–H and O–H groups in total. The average molecular weight is 411 g/mol. The number of halogens is 1. The third kappa shape index (κ3) is 3.30. The van der Waals surface area contributed by atoms with Gasteiger partial charge in [0, 0.05) is 30.0 Å². The molecule has 0 radical (unpaired) electrons. The molecular formula is C23H26FN3O3. The third-order valence-electron chi connectivity index (χ3n) is 7.00. The molecule has 2 heterocycles. The van der Waals surface area contributed by atoms with Crippen LogP contribution in [0.25, 0.3) is 0 Å². The first-order chi connectivity index (χ1) is 14.5. The van der Waals surface area contributed by atoms with E-state index in [1.54, 1.807) is 12.1 Å². The minimum absolute atomic E-state index is 0.00479. The van der Waals surface area contributed by atoms with E-state index in [0.717, 1.165) is 55.6 Å². The molecule has 30 heavy (non-hydrogen) atoms.